The second-order valence-electron chi connectivity index (χ2n) is 0.724. The van der Waals surface area contributed by atoms with E-state index in [0.717, 1.165) is 6.42 Å². The van der Waals surface area contributed by atoms with E-state index in [2.05, 4.69) is 0 Å². The fourth-order valence-electron chi connectivity index (χ4n) is 0. The van der Waals surface area contributed by atoms with Crippen LogP contribution in [0.4, 0.5) is 0 Å². The van der Waals surface area contributed by atoms with Gasteiger partial charge in [0.05, 0.1) is 0 Å². The zero-order valence-corrected chi connectivity index (χ0v) is 5.64. The fraction of sp³-hybridized carbons (Fsp3) is 1.00. The monoisotopic (exact) mass is 151 g/mol. The molecular weight excluding hydrogens is 142 g/mol. The summed E-state index contributed by atoms with van der Waals surface area (Å²) in [6.07, 6.45) is 0.875. The first-order valence-corrected chi connectivity index (χ1v) is 1.52. The van der Waals surface area contributed by atoms with E-state index < -0.39 is 0 Å². The third-order valence-corrected chi connectivity index (χ3v) is 0.224. The summed E-state index contributed by atoms with van der Waals surface area (Å²) in [4.78, 5) is 0. The second-order valence-corrected chi connectivity index (χ2v) is 0.724. The molecule has 0 fully saturated rings. The SMILES string of the molecule is CCCO.Cl.[Mn]. The molecule has 0 aromatic carbocycles. The predicted molar refractivity (Wildman–Crippen MR) is 24.6 cm³/mol. The van der Waals surface area contributed by atoms with Crippen LogP contribution in [0.5, 0.6) is 0 Å². The first-order chi connectivity index (χ1) is 1.91. The summed E-state index contributed by atoms with van der Waals surface area (Å²) >= 11 is 0. The van der Waals surface area contributed by atoms with Gasteiger partial charge in [-0.2, -0.15) is 0 Å². The Bertz CT molecular complexity index is 12.8. The number of aliphatic hydroxyl groups is 1. The molecule has 0 atom stereocenters. The van der Waals surface area contributed by atoms with Gasteiger partial charge in [0.2, 0.25) is 0 Å². The molecule has 0 aliphatic carbocycles. The number of hydrogen-bond donors (Lipinski definition) is 1. The summed E-state index contributed by atoms with van der Waals surface area (Å²) in [6, 6.07) is 0. The maximum absolute atomic E-state index is 7.88. The molecule has 0 aliphatic heterocycles. The van der Waals surface area contributed by atoms with Gasteiger partial charge in [0, 0.05) is 23.7 Å². The molecule has 0 heterocycles. The van der Waals surface area contributed by atoms with Crippen molar-refractivity contribution in [1.29, 1.82) is 0 Å². The summed E-state index contributed by atoms with van der Waals surface area (Å²) in [5, 5.41) is 7.88. The van der Waals surface area contributed by atoms with Crippen LogP contribution in [0.1, 0.15) is 13.3 Å². The van der Waals surface area contributed by atoms with E-state index in [9.17, 15) is 0 Å². The molecule has 0 saturated heterocycles. The van der Waals surface area contributed by atoms with Crippen molar-refractivity contribution < 1.29 is 22.2 Å². The predicted octanol–water partition coefficient (Wildman–Crippen LogP) is 0.808. The molecule has 3 heteroatoms. The third kappa shape index (κ3) is 21.6. The number of halogens is 1. The molecule has 0 aromatic rings. The molecule has 0 saturated carbocycles. The topological polar surface area (TPSA) is 20.2 Å². The standard InChI is InChI=1S/C3H8O.ClH.Mn/c1-2-3-4;;/h4H,2-3H2,1H3;1H;. The van der Waals surface area contributed by atoms with Crippen molar-refractivity contribution in [2.75, 3.05) is 6.61 Å². The molecule has 1 nitrogen and oxygen atoms in total. The van der Waals surface area contributed by atoms with Crippen molar-refractivity contribution in [3.63, 3.8) is 0 Å². The normalized spacial score (nSPS) is 5.00. The molecule has 0 bridgehead atoms. The van der Waals surface area contributed by atoms with E-state index in [1.165, 1.54) is 0 Å². The van der Waals surface area contributed by atoms with E-state index in [-0.39, 0.29) is 29.5 Å². The van der Waals surface area contributed by atoms with Gasteiger partial charge in [0.1, 0.15) is 0 Å². The molecule has 0 aliphatic rings. The van der Waals surface area contributed by atoms with Crippen LogP contribution in [0.15, 0.2) is 0 Å². The van der Waals surface area contributed by atoms with Crippen molar-refractivity contribution >= 4 is 12.4 Å². The number of hydrogen-bond acceptors (Lipinski definition) is 1. The van der Waals surface area contributed by atoms with Crippen molar-refractivity contribution in [1.82, 2.24) is 0 Å². The molecule has 1 radical (unpaired) electrons. The minimum Gasteiger partial charge on any atom is -0.396 e. The van der Waals surface area contributed by atoms with Crippen molar-refractivity contribution in [3.8, 4) is 0 Å². The quantitative estimate of drug-likeness (QED) is 0.550. The molecule has 0 rings (SSSR count). The summed E-state index contributed by atoms with van der Waals surface area (Å²) < 4.78 is 0. The van der Waals surface area contributed by atoms with Gasteiger partial charge >= 0.3 is 0 Å². The Morgan fingerprint density at radius 1 is 1.50 bits per heavy atom. The van der Waals surface area contributed by atoms with Crippen LogP contribution in [0.2, 0.25) is 0 Å². The minimum absolute atomic E-state index is 0. The molecule has 0 amide bonds. The zero-order chi connectivity index (χ0) is 3.41. The van der Waals surface area contributed by atoms with Crippen LogP contribution in [0, 0.1) is 0 Å². The maximum Gasteiger partial charge on any atom is 0.0428 e. The molecular formula is C3H9ClMnO. The van der Waals surface area contributed by atoms with Gasteiger partial charge in [-0.05, 0) is 6.42 Å². The van der Waals surface area contributed by atoms with Crippen molar-refractivity contribution in [2.45, 2.75) is 13.3 Å². The van der Waals surface area contributed by atoms with Gasteiger partial charge < -0.3 is 5.11 Å². The van der Waals surface area contributed by atoms with Gasteiger partial charge in [0.25, 0.3) is 0 Å². The number of rotatable bonds is 1. The van der Waals surface area contributed by atoms with Crippen molar-refractivity contribution in [2.24, 2.45) is 0 Å². The van der Waals surface area contributed by atoms with E-state index >= 15 is 0 Å². The van der Waals surface area contributed by atoms with Crippen LogP contribution >= 0.6 is 12.4 Å². The summed E-state index contributed by atoms with van der Waals surface area (Å²) in [5.41, 5.74) is 0. The van der Waals surface area contributed by atoms with Crippen LogP contribution in [0.3, 0.4) is 0 Å². The Morgan fingerprint density at radius 3 is 1.67 bits per heavy atom. The van der Waals surface area contributed by atoms with Gasteiger partial charge in [-0.3, -0.25) is 0 Å². The maximum atomic E-state index is 7.88. The smallest absolute Gasteiger partial charge is 0.0428 e. The summed E-state index contributed by atoms with van der Waals surface area (Å²) in [7, 11) is 0. The Hall–Kier alpha value is 0.769. The van der Waals surface area contributed by atoms with Crippen LogP contribution in [0.25, 0.3) is 0 Å². The van der Waals surface area contributed by atoms with Gasteiger partial charge in [-0.1, -0.05) is 6.92 Å². The molecule has 6 heavy (non-hydrogen) atoms. The van der Waals surface area contributed by atoms with E-state index in [1.54, 1.807) is 0 Å². The first-order valence-electron chi connectivity index (χ1n) is 1.52. The summed E-state index contributed by atoms with van der Waals surface area (Å²) in [6.45, 7) is 2.25. The average Bonchev–Trinajstić information content (AvgIpc) is 1.37. The molecule has 0 aromatic heterocycles. The van der Waals surface area contributed by atoms with Crippen LogP contribution in [-0.2, 0) is 17.1 Å². The largest absolute Gasteiger partial charge is 0.396 e. The molecule has 0 spiro atoms. The third-order valence-electron chi connectivity index (χ3n) is 0.224. The van der Waals surface area contributed by atoms with E-state index in [4.69, 9.17) is 5.11 Å². The Balaban J connectivity index is -0.0000000450. The summed E-state index contributed by atoms with van der Waals surface area (Å²) in [5.74, 6) is 0. The van der Waals surface area contributed by atoms with E-state index in [0.29, 0.717) is 6.61 Å². The first kappa shape index (κ1) is 15.9. The molecule has 41 valence electrons. The average molecular weight is 151 g/mol. The number of aliphatic hydroxyl groups excluding tert-OH is 1. The van der Waals surface area contributed by atoms with Gasteiger partial charge in [-0.15, -0.1) is 12.4 Å². The Morgan fingerprint density at radius 2 is 1.67 bits per heavy atom. The second kappa shape index (κ2) is 17.1. The minimum atomic E-state index is 0. The fourth-order valence-corrected chi connectivity index (χ4v) is 0. The van der Waals surface area contributed by atoms with Gasteiger partial charge in [0.15, 0.2) is 0 Å². The Labute approximate surface area is 55.0 Å². The van der Waals surface area contributed by atoms with Crippen LogP contribution in [-0.4, -0.2) is 11.7 Å². The van der Waals surface area contributed by atoms with Crippen molar-refractivity contribution in [3.05, 3.63) is 0 Å². The van der Waals surface area contributed by atoms with Gasteiger partial charge in [-0.25, -0.2) is 0 Å². The molecule has 1 N–H and O–H groups in total. The van der Waals surface area contributed by atoms with Crippen LogP contribution < -0.4 is 0 Å². The Kier molecular flexibility index (Phi) is 45.2. The molecule has 0 unspecified atom stereocenters. The zero-order valence-electron chi connectivity index (χ0n) is 3.65. The van der Waals surface area contributed by atoms with E-state index in [1.807, 2.05) is 6.92 Å².